The number of nitrogens with one attached hydrogen (secondary N) is 1. The molecule has 2 fully saturated rings. The molecule has 1 saturated heterocycles. The van der Waals surface area contributed by atoms with Crippen LogP contribution in [0.2, 0.25) is 0 Å². The van der Waals surface area contributed by atoms with Crippen molar-refractivity contribution < 1.29 is 9.53 Å². The quantitative estimate of drug-likeness (QED) is 0.815. The molecule has 0 aromatic heterocycles. The summed E-state index contributed by atoms with van der Waals surface area (Å²) >= 11 is 0. The Morgan fingerprint density at radius 2 is 2.00 bits per heavy atom. The van der Waals surface area contributed by atoms with Crippen LogP contribution in [0.15, 0.2) is 0 Å². The lowest BCUT2D eigenvalue weighted by Gasteiger charge is -2.32. The lowest BCUT2D eigenvalue weighted by Crippen LogP contribution is -2.41. The second-order valence-electron chi connectivity index (χ2n) is 5.50. The smallest absolute Gasteiger partial charge is 0.143 e. The zero-order chi connectivity index (χ0) is 12.3. The van der Waals surface area contributed by atoms with Gasteiger partial charge in [0.1, 0.15) is 5.78 Å². The first-order chi connectivity index (χ1) is 8.27. The third-order valence-electron chi connectivity index (χ3n) is 4.62. The number of carbonyl (C=O) groups is 1. The van der Waals surface area contributed by atoms with Gasteiger partial charge in [-0.3, -0.25) is 4.79 Å². The van der Waals surface area contributed by atoms with Crippen LogP contribution in [0.4, 0.5) is 0 Å². The van der Waals surface area contributed by atoms with Crippen molar-refractivity contribution in [3.63, 3.8) is 0 Å². The number of hydrogen-bond acceptors (Lipinski definition) is 3. The highest BCUT2D eigenvalue weighted by molar-refractivity contribution is 5.85. The van der Waals surface area contributed by atoms with Crippen LogP contribution in [0.1, 0.15) is 39.0 Å². The Labute approximate surface area is 104 Å². The summed E-state index contributed by atoms with van der Waals surface area (Å²) in [5, 5.41) is 3.22. The number of likely N-dealkylation sites (N-methyl/N-ethyl adjacent to an activating group) is 1. The number of carbonyl (C=O) groups excluding carboxylic acids is 1. The molecule has 1 saturated carbocycles. The average molecular weight is 239 g/mol. The Bertz CT molecular complexity index is 267. The lowest BCUT2D eigenvalue weighted by molar-refractivity contribution is -0.130. The molecule has 1 heterocycles. The highest BCUT2D eigenvalue weighted by Crippen LogP contribution is 2.35. The van der Waals surface area contributed by atoms with Gasteiger partial charge < -0.3 is 10.1 Å². The first-order valence-electron chi connectivity index (χ1n) is 7.06. The monoisotopic (exact) mass is 239 g/mol. The summed E-state index contributed by atoms with van der Waals surface area (Å²) in [7, 11) is 1.93. The molecule has 0 radical (unpaired) electrons. The lowest BCUT2D eigenvalue weighted by atomic mass is 9.72. The highest BCUT2D eigenvalue weighted by Gasteiger charge is 2.39. The second-order valence-corrected chi connectivity index (χ2v) is 5.50. The summed E-state index contributed by atoms with van der Waals surface area (Å²) < 4.78 is 5.46. The standard InChI is InChI=1S/C14H25NO2/c1-3-10-6-4-5-7-11(10)14(16)12-8-17-9-13(12)15-2/h10-13,15H,3-9H2,1-2H3. The zero-order valence-corrected chi connectivity index (χ0v) is 11.1. The molecule has 1 aliphatic heterocycles. The fraction of sp³-hybridized carbons (Fsp3) is 0.929. The summed E-state index contributed by atoms with van der Waals surface area (Å²) in [5.74, 6) is 1.48. The maximum atomic E-state index is 12.6. The summed E-state index contributed by atoms with van der Waals surface area (Å²) in [6, 6.07) is 0.238. The topological polar surface area (TPSA) is 38.3 Å². The zero-order valence-electron chi connectivity index (χ0n) is 11.1. The van der Waals surface area contributed by atoms with Gasteiger partial charge in [0.25, 0.3) is 0 Å². The first-order valence-corrected chi connectivity index (χ1v) is 7.06. The van der Waals surface area contributed by atoms with Crippen molar-refractivity contribution in [1.82, 2.24) is 5.32 Å². The first kappa shape index (κ1) is 13.0. The highest BCUT2D eigenvalue weighted by atomic mass is 16.5. The minimum atomic E-state index is 0.0946. The fourth-order valence-corrected chi connectivity index (χ4v) is 3.47. The number of ether oxygens (including phenoxy) is 1. The molecule has 1 aliphatic carbocycles. The molecule has 0 bridgehead atoms. The Morgan fingerprint density at radius 1 is 1.24 bits per heavy atom. The average Bonchev–Trinajstić information content (AvgIpc) is 2.86. The van der Waals surface area contributed by atoms with Gasteiger partial charge in [-0.15, -0.1) is 0 Å². The van der Waals surface area contributed by atoms with Crippen LogP contribution in [-0.4, -0.2) is 32.1 Å². The van der Waals surface area contributed by atoms with E-state index in [9.17, 15) is 4.79 Å². The third kappa shape index (κ3) is 2.71. The minimum absolute atomic E-state index is 0.0946. The van der Waals surface area contributed by atoms with E-state index >= 15 is 0 Å². The second kappa shape index (κ2) is 5.96. The molecule has 0 spiro atoms. The van der Waals surface area contributed by atoms with Crippen molar-refractivity contribution in [1.29, 1.82) is 0 Å². The van der Waals surface area contributed by atoms with E-state index in [0.29, 0.717) is 30.8 Å². The number of Topliss-reactive ketones (excluding diaryl/α,β-unsaturated/α-hetero) is 1. The number of rotatable bonds is 4. The molecule has 17 heavy (non-hydrogen) atoms. The van der Waals surface area contributed by atoms with Crippen LogP contribution in [0, 0.1) is 17.8 Å². The molecule has 1 N–H and O–H groups in total. The van der Waals surface area contributed by atoms with E-state index in [1.807, 2.05) is 7.05 Å². The fourth-order valence-electron chi connectivity index (χ4n) is 3.47. The van der Waals surface area contributed by atoms with Gasteiger partial charge in [0.15, 0.2) is 0 Å². The van der Waals surface area contributed by atoms with E-state index in [1.54, 1.807) is 0 Å². The maximum Gasteiger partial charge on any atom is 0.143 e. The minimum Gasteiger partial charge on any atom is -0.379 e. The predicted octanol–water partition coefficient (Wildman–Crippen LogP) is 2.01. The maximum absolute atomic E-state index is 12.6. The summed E-state index contributed by atoms with van der Waals surface area (Å²) in [4.78, 5) is 12.6. The van der Waals surface area contributed by atoms with E-state index in [-0.39, 0.29) is 12.0 Å². The predicted molar refractivity (Wildman–Crippen MR) is 67.9 cm³/mol. The number of hydrogen-bond donors (Lipinski definition) is 1. The van der Waals surface area contributed by atoms with E-state index < -0.39 is 0 Å². The van der Waals surface area contributed by atoms with Gasteiger partial charge in [0.2, 0.25) is 0 Å². The van der Waals surface area contributed by atoms with Crippen molar-refractivity contribution in [2.75, 3.05) is 20.3 Å². The molecular weight excluding hydrogens is 214 g/mol. The summed E-state index contributed by atoms with van der Waals surface area (Å²) in [6.45, 7) is 3.53. The van der Waals surface area contributed by atoms with Crippen molar-refractivity contribution in [3.05, 3.63) is 0 Å². The van der Waals surface area contributed by atoms with Gasteiger partial charge in [0.05, 0.1) is 19.1 Å². The largest absolute Gasteiger partial charge is 0.379 e. The third-order valence-corrected chi connectivity index (χ3v) is 4.62. The Hall–Kier alpha value is -0.410. The normalized spacial score (nSPS) is 38.2. The van der Waals surface area contributed by atoms with E-state index in [2.05, 4.69) is 12.2 Å². The molecule has 0 aromatic carbocycles. The van der Waals surface area contributed by atoms with Crippen LogP contribution in [0.25, 0.3) is 0 Å². The Kier molecular flexibility index (Phi) is 4.57. The van der Waals surface area contributed by atoms with E-state index in [0.717, 1.165) is 12.8 Å². The van der Waals surface area contributed by atoms with Crippen LogP contribution in [-0.2, 0) is 9.53 Å². The molecule has 2 aliphatic rings. The van der Waals surface area contributed by atoms with Gasteiger partial charge in [-0.05, 0) is 25.8 Å². The van der Waals surface area contributed by atoms with E-state index in [1.165, 1.54) is 19.3 Å². The van der Waals surface area contributed by atoms with Crippen LogP contribution in [0.3, 0.4) is 0 Å². The molecule has 98 valence electrons. The van der Waals surface area contributed by atoms with Crippen molar-refractivity contribution in [2.45, 2.75) is 45.1 Å². The SMILES string of the molecule is CCC1CCCCC1C(=O)C1COCC1NC. The molecule has 3 heteroatoms. The van der Waals surface area contributed by atoms with E-state index in [4.69, 9.17) is 4.74 Å². The van der Waals surface area contributed by atoms with Crippen LogP contribution >= 0.6 is 0 Å². The van der Waals surface area contributed by atoms with Crippen molar-refractivity contribution in [2.24, 2.45) is 17.8 Å². The van der Waals surface area contributed by atoms with Gasteiger partial charge in [-0.25, -0.2) is 0 Å². The molecule has 0 amide bonds. The van der Waals surface area contributed by atoms with Crippen molar-refractivity contribution in [3.8, 4) is 0 Å². The molecule has 0 aromatic rings. The Balaban J connectivity index is 2.02. The van der Waals surface area contributed by atoms with Crippen LogP contribution in [0.5, 0.6) is 0 Å². The summed E-state index contributed by atoms with van der Waals surface area (Å²) in [6.07, 6.45) is 6.02. The van der Waals surface area contributed by atoms with Gasteiger partial charge >= 0.3 is 0 Å². The molecular formula is C14H25NO2. The van der Waals surface area contributed by atoms with Crippen molar-refractivity contribution >= 4 is 5.78 Å². The molecule has 4 unspecified atom stereocenters. The molecule has 3 nitrogen and oxygen atoms in total. The molecule has 2 rings (SSSR count). The Morgan fingerprint density at radius 3 is 2.71 bits per heavy atom. The van der Waals surface area contributed by atoms with Crippen LogP contribution < -0.4 is 5.32 Å². The molecule has 4 atom stereocenters. The number of ketones is 1. The van der Waals surface area contributed by atoms with Gasteiger partial charge in [-0.1, -0.05) is 26.2 Å². The van der Waals surface area contributed by atoms with Gasteiger partial charge in [0, 0.05) is 12.0 Å². The summed E-state index contributed by atoms with van der Waals surface area (Å²) in [5.41, 5.74) is 0. The van der Waals surface area contributed by atoms with Gasteiger partial charge in [-0.2, -0.15) is 0 Å².